The predicted molar refractivity (Wildman–Crippen MR) is 34.9 cm³/mol. The van der Waals surface area contributed by atoms with Crippen LogP contribution in [-0.4, -0.2) is 23.7 Å². The van der Waals surface area contributed by atoms with Crippen LogP contribution in [0, 0.1) is 0 Å². The predicted octanol–water partition coefficient (Wildman–Crippen LogP) is -0.0562. The van der Waals surface area contributed by atoms with Crippen LogP contribution in [-0.2, 0) is 8.62 Å². The van der Waals surface area contributed by atoms with Crippen LogP contribution in [0.15, 0.2) is 0 Å². The fourth-order valence-corrected chi connectivity index (χ4v) is 0.591. The summed E-state index contributed by atoms with van der Waals surface area (Å²) in [4.78, 5) is 12.4. The largest absolute Gasteiger partial charge is 0.394 e. The van der Waals surface area contributed by atoms with Gasteiger partial charge in [-0.3, -0.25) is 0 Å². The van der Waals surface area contributed by atoms with E-state index >= 15 is 0 Å². The van der Waals surface area contributed by atoms with Gasteiger partial charge in [0.25, 0.3) is 0 Å². The van der Waals surface area contributed by atoms with Crippen molar-refractivity contribution in [2.45, 2.75) is 6.04 Å². The monoisotopic (exact) mass is 217 g/mol. The summed E-state index contributed by atoms with van der Waals surface area (Å²) in [5.41, 5.74) is 0. The zero-order chi connectivity index (χ0) is 7.28. The molecule has 6 heteroatoms. The van der Waals surface area contributed by atoms with Crippen LogP contribution < -0.4 is 4.84 Å². The van der Waals surface area contributed by atoms with E-state index in [9.17, 15) is 4.79 Å². The molecule has 9 heavy (non-hydrogen) atoms. The molecule has 0 aromatic carbocycles. The second kappa shape index (κ2) is 4.99. The molecule has 0 saturated heterocycles. The Balaban J connectivity index is 3.64. The van der Waals surface area contributed by atoms with Gasteiger partial charge in [0.2, 0.25) is 0 Å². The summed E-state index contributed by atoms with van der Waals surface area (Å²) in [5.74, 6) is -0.660. The second-order valence-electron chi connectivity index (χ2n) is 1.24. The van der Waals surface area contributed by atoms with Crippen molar-refractivity contribution in [3.05, 3.63) is 0 Å². The first-order valence-corrected chi connectivity index (χ1v) is 3.08. The Morgan fingerprint density at radius 2 is 2.56 bits per heavy atom. The Hall–Kier alpha value is 0.160. The topological polar surface area (TPSA) is 58.6 Å². The highest BCUT2D eigenvalue weighted by atomic mass is 79.9. The fourth-order valence-electron chi connectivity index (χ4n) is 0.207. The van der Waals surface area contributed by atoms with Gasteiger partial charge in [-0.15, -0.1) is 0 Å². The highest BCUT2D eigenvalue weighted by molar-refractivity contribution is 9.06. The Morgan fingerprint density at radius 3 is 2.67 bits per heavy atom. The molecule has 0 aliphatic heterocycles. The highest BCUT2D eigenvalue weighted by Gasteiger charge is 2.16. The molecule has 0 rings (SSSR count). The molecule has 0 fully saturated rings. The summed E-state index contributed by atoms with van der Waals surface area (Å²) in [6, 6.07) is -0.869. The van der Waals surface area contributed by atoms with Gasteiger partial charge >= 0.3 is 5.97 Å². The second-order valence-corrected chi connectivity index (χ2v) is 1.78. The van der Waals surface area contributed by atoms with Gasteiger partial charge < -0.3 is 8.93 Å². The lowest BCUT2D eigenvalue weighted by Gasteiger charge is -2.05. The van der Waals surface area contributed by atoms with Crippen LogP contribution in [0.3, 0.4) is 0 Å². The van der Waals surface area contributed by atoms with Gasteiger partial charge in [-0.2, -0.15) is 0 Å². The maximum Gasteiger partial charge on any atom is 0.338 e. The molecule has 0 heterocycles. The molecule has 1 atom stereocenters. The van der Waals surface area contributed by atoms with E-state index in [0.29, 0.717) is 0 Å². The SMILES string of the molecule is O=C(OBr)[C@H](CO)NCl. The van der Waals surface area contributed by atoms with Crippen molar-refractivity contribution < 1.29 is 13.7 Å². The average Bonchev–Trinajstić information content (AvgIpc) is 1.90. The summed E-state index contributed by atoms with van der Waals surface area (Å²) in [6.45, 7) is -0.395. The smallest absolute Gasteiger partial charge is 0.338 e. The normalized spacial score (nSPS) is 12.8. The molecule has 0 aliphatic carbocycles. The van der Waals surface area contributed by atoms with Gasteiger partial charge in [0.1, 0.15) is 6.04 Å². The minimum absolute atomic E-state index is 0.395. The van der Waals surface area contributed by atoms with E-state index in [2.05, 4.69) is 20.1 Å². The van der Waals surface area contributed by atoms with Crippen molar-refractivity contribution in [1.82, 2.24) is 4.84 Å². The van der Waals surface area contributed by atoms with Crippen molar-refractivity contribution in [2.75, 3.05) is 6.61 Å². The van der Waals surface area contributed by atoms with Crippen LogP contribution in [0.4, 0.5) is 0 Å². The summed E-state index contributed by atoms with van der Waals surface area (Å²) in [6.07, 6.45) is 0. The van der Waals surface area contributed by atoms with Crippen LogP contribution in [0.2, 0.25) is 0 Å². The molecule has 0 bridgehead atoms. The summed E-state index contributed by atoms with van der Waals surface area (Å²) in [7, 11) is 0. The van der Waals surface area contributed by atoms with Crippen LogP contribution in [0.1, 0.15) is 0 Å². The molecule has 0 aromatic heterocycles. The number of hydrogen-bond donors (Lipinski definition) is 2. The van der Waals surface area contributed by atoms with E-state index in [1.807, 2.05) is 4.84 Å². The molecule has 0 radical (unpaired) electrons. The Kier molecular flexibility index (Phi) is 5.07. The lowest BCUT2D eigenvalue weighted by molar-refractivity contribution is -0.135. The molecule has 54 valence electrons. The third-order valence-corrected chi connectivity index (χ3v) is 1.26. The molecule has 4 nitrogen and oxygen atoms in total. The number of halogens is 2. The van der Waals surface area contributed by atoms with E-state index in [4.69, 9.17) is 16.9 Å². The Morgan fingerprint density at radius 1 is 2.00 bits per heavy atom. The van der Waals surface area contributed by atoms with Gasteiger partial charge in [0.05, 0.1) is 6.61 Å². The molecule has 0 saturated carbocycles. The number of carbonyl (C=O) groups is 1. The minimum Gasteiger partial charge on any atom is -0.394 e. The first kappa shape index (κ1) is 9.16. The summed E-state index contributed by atoms with van der Waals surface area (Å²) >= 11 is 7.45. The molecule has 0 amide bonds. The van der Waals surface area contributed by atoms with Crippen molar-refractivity contribution in [3.8, 4) is 0 Å². The van der Waals surface area contributed by atoms with E-state index < -0.39 is 18.6 Å². The van der Waals surface area contributed by atoms with Crippen molar-refractivity contribution in [1.29, 1.82) is 0 Å². The van der Waals surface area contributed by atoms with Crippen LogP contribution in [0.25, 0.3) is 0 Å². The number of nitrogens with one attached hydrogen (secondary N) is 1. The summed E-state index contributed by atoms with van der Waals surface area (Å²) < 4.78 is 4.06. The lowest BCUT2D eigenvalue weighted by Crippen LogP contribution is -2.34. The maximum atomic E-state index is 10.4. The van der Waals surface area contributed by atoms with Crippen molar-refractivity contribution in [3.63, 3.8) is 0 Å². The van der Waals surface area contributed by atoms with E-state index in [0.717, 1.165) is 0 Å². The molecule has 0 aliphatic rings. The fraction of sp³-hybridized carbons (Fsp3) is 0.667. The number of carbonyl (C=O) groups excluding carboxylic acids is 1. The molecule has 2 N–H and O–H groups in total. The maximum absolute atomic E-state index is 10.4. The van der Waals surface area contributed by atoms with Crippen molar-refractivity contribution >= 4 is 34.0 Å². The van der Waals surface area contributed by atoms with Gasteiger partial charge in [0, 0.05) is 0 Å². The third-order valence-electron chi connectivity index (χ3n) is 0.675. The number of rotatable bonds is 3. The zero-order valence-corrected chi connectivity index (χ0v) is 6.65. The first-order chi connectivity index (χ1) is 4.26. The highest BCUT2D eigenvalue weighted by Crippen LogP contribution is 1.93. The van der Waals surface area contributed by atoms with Gasteiger partial charge in [-0.1, -0.05) is 0 Å². The number of aliphatic hydroxyl groups excluding tert-OH is 1. The van der Waals surface area contributed by atoms with E-state index in [-0.39, 0.29) is 0 Å². The van der Waals surface area contributed by atoms with Crippen LogP contribution in [0.5, 0.6) is 0 Å². The minimum atomic E-state index is -0.869. The Bertz CT molecular complexity index is 97.1. The average molecular weight is 218 g/mol. The molecule has 0 aromatic rings. The molecule has 0 unspecified atom stereocenters. The lowest BCUT2D eigenvalue weighted by atomic mass is 10.3. The van der Waals surface area contributed by atoms with Gasteiger partial charge in [-0.05, 0) is 11.8 Å². The first-order valence-electron chi connectivity index (χ1n) is 2.05. The number of aliphatic hydroxyl groups is 1. The van der Waals surface area contributed by atoms with Gasteiger partial charge in [0.15, 0.2) is 16.3 Å². The molecular weight excluding hydrogens is 213 g/mol. The Labute approximate surface area is 65.7 Å². The van der Waals surface area contributed by atoms with E-state index in [1.165, 1.54) is 0 Å². The van der Waals surface area contributed by atoms with Gasteiger partial charge in [-0.25, -0.2) is 9.63 Å². The van der Waals surface area contributed by atoms with Crippen molar-refractivity contribution in [2.24, 2.45) is 0 Å². The standard InChI is InChI=1S/C3H5BrClNO3/c4-9-3(8)2(1-7)6-5/h2,6-7H,1H2/t2-/m0/s1. The summed E-state index contributed by atoms with van der Waals surface area (Å²) in [5, 5.41) is 8.36. The molecular formula is C3H5BrClNO3. The third kappa shape index (κ3) is 3.00. The molecule has 0 spiro atoms. The zero-order valence-electron chi connectivity index (χ0n) is 4.30. The van der Waals surface area contributed by atoms with E-state index in [1.54, 1.807) is 0 Å². The van der Waals surface area contributed by atoms with Crippen LogP contribution >= 0.6 is 28.0 Å². The quantitative estimate of drug-likeness (QED) is 0.652. The number of hydrogen-bond acceptors (Lipinski definition) is 4.